The molecule has 6 N–H and O–H groups in total. The van der Waals surface area contributed by atoms with Crippen LogP contribution in [0.25, 0.3) is 0 Å². The van der Waals surface area contributed by atoms with Crippen molar-refractivity contribution in [2.24, 2.45) is 10.7 Å². The van der Waals surface area contributed by atoms with E-state index in [2.05, 4.69) is 31.7 Å². The molecule has 0 unspecified atom stereocenters. The first-order chi connectivity index (χ1) is 29.8. The molecule has 4 rings (SSSR count). The van der Waals surface area contributed by atoms with Crippen LogP contribution in [0.2, 0.25) is 0 Å². The molecule has 0 aromatic heterocycles. The van der Waals surface area contributed by atoms with Gasteiger partial charge in [-0.2, -0.15) is 0 Å². The predicted molar refractivity (Wildman–Crippen MR) is 243 cm³/mol. The number of alkyl halides is 3. The summed E-state index contributed by atoms with van der Waals surface area (Å²) in [5.41, 5.74) is 5.56. The monoisotopic (exact) mass is 963 g/mol. The van der Waals surface area contributed by atoms with Gasteiger partial charge in [-0.25, -0.2) is 29.0 Å². The van der Waals surface area contributed by atoms with Gasteiger partial charge in [-0.1, -0.05) is 36.9 Å². The predicted octanol–water partition coefficient (Wildman–Crippen LogP) is 5.25. The fraction of sp³-hybridized carbons (Fsp3) is 0.659. The van der Waals surface area contributed by atoms with Gasteiger partial charge in [0.2, 0.25) is 12.0 Å². The minimum Gasteiger partial charge on any atom is -0.444 e. The van der Waals surface area contributed by atoms with Crippen molar-refractivity contribution in [3.05, 3.63) is 48.6 Å². The Balaban J connectivity index is 0.000000456. The third-order valence-electron chi connectivity index (χ3n) is 9.32. The van der Waals surface area contributed by atoms with Crippen LogP contribution in [-0.4, -0.2) is 154 Å². The highest BCUT2D eigenvalue weighted by atomic mass is 35.6. The van der Waals surface area contributed by atoms with Crippen molar-refractivity contribution in [3.63, 3.8) is 0 Å². The van der Waals surface area contributed by atoms with Gasteiger partial charge in [0.05, 0.1) is 25.6 Å². The molecule has 23 heteroatoms. The van der Waals surface area contributed by atoms with Crippen LogP contribution in [0.4, 0.5) is 19.2 Å². The fourth-order valence-electron chi connectivity index (χ4n) is 6.49. The first-order valence-corrected chi connectivity index (χ1v) is 21.9. The molecule has 3 aliphatic rings. The number of nitrogens with zero attached hydrogens (tertiary/aromatic N) is 4. The molecular weight excluding hydrogens is 900 g/mol. The average molecular weight is 965 g/mol. The van der Waals surface area contributed by atoms with Crippen molar-refractivity contribution in [1.29, 1.82) is 0 Å². The van der Waals surface area contributed by atoms with Crippen LogP contribution in [0.5, 0.6) is 0 Å². The molecule has 3 aliphatic heterocycles. The van der Waals surface area contributed by atoms with Crippen LogP contribution < -0.4 is 16.4 Å². The molecular formula is C41H65BCl3N7O12. The molecule has 64 heavy (non-hydrogen) atoms. The number of likely N-dealkylation sites (tertiary alicyclic amines) is 3. The second-order valence-electron chi connectivity index (χ2n) is 16.7. The molecule has 0 spiro atoms. The maximum atomic E-state index is 12.1. The molecule has 1 aromatic rings. The number of isocyanates is 1. The lowest BCUT2D eigenvalue weighted by molar-refractivity contribution is -0.126. The average Bonchev–Trinajstić information content (AvgIpc) is 3.99. The van der Waals surface area contributed by atoms with E-state index in [4.69, 9.17) is 50.0 Å². The lowest BCUT2D eigenvalue weighted by atomic mass is 9.76. The Morgan fingerprint density at radius 2 is 1.38 bits per heavy atom. The molecule has 0 aliphatic carbocycles. The Morgan fingerprint density at radius 3 is 1.81 bits per heavy atom. The fourth-order valence-corrected chi connectivity index (χ4v) is 6.68. The lowest BCUT2D eigenvalue weighted by Gasteiger charge is -2.27. The quantitative estimate of drug-likeness (QED) is 0.0383. The van der Waals surface area contributed by atoms with E-state index in [1.165, 1.54) is 12.2 Å². The Hall–Kier alpha value is -4.30. The van der Waals surface area contributed by atoms with Gasteiger partial charge in [-0.3, -0.25) is 4.79 Å². The van der Waals surface area contributed by atoms with Gasteiger partial charge >= 0.3 is 35.5 Å². The molecule has 5 amide bonds. The number of aliphatic imine (C=N–C) groups is 1. The Bertz CT molecular complexity index is 1680. The summed E-state index contributed by atoms with van der Waals surface area (Å²) >= 11 is 15.0. The maximum absolute atomic E-state index is 12.1. The van der Waals surface area contributed by atoms with Gasteiger partial charge in [-0.15, -0.1) is 0 Å². The molecule has 19 nitrogen and oxygen atoms in total. The van der Waals surface area contributed by atoms with Crippen molar-refractivity contribution in [2.75, 3.05) is 46.4 Å². The van der Waals surface area contributed by atoms with E-state index in [0.29, 0.717) is 39.1 Å². The number of nitrogens with one attached hydrogen (secondary N) is 2. The van der Waals surface area contributed by atoms with Crippen molar-refractivity contribution in [3.8, 4) is 0 Å². The summed E-state index contributed by atoms with van der Waals surface area (Å²) < 4.78 is 16.6. The summed E-state index contributed by atoms with van der Waals surface area (Å²) in [7, 11) is -0.560. The highest BCUT2D eigenvalue weighted by molar-refractivity contribution is 6.66. The summed E-state index contributed by atoms with van der Waals surface area (Å²) in [5, 5.41) is 24.3. The van der Waals surface area contributed by atoms with Gasteiger partial charge in [0, 0.05) is 44.8 Å². The number of amides is 5. The second-order valence-corrected chi connectivity index (χ2v) is 18.9. The summed E-state index contributed by atoms with van der Waals surface area (Å²) in [6.45, 7) is 17.9. The topological polar surface area (TPSA) is 252 Å². The van der Waals surface area contributed by atoms with E-state index in [-0.39, 0.29) is 36.2 Å². The highest BCUT2D eigenvalue weighted by Gasteiger charge is 2.33. The molecule has 360 valence electrons. The minimum atomic E-state index is -2.03. The van der Waals surface area contributed by atoms with Crippen LogP contribution in [0.3, 0.4) is 0 Å². The molecule has 0 saturated carbocycles. The van der Waals surface area contributed by atoms with Crippen molar-refractivity contribution in [2.45, 2.75) is 126 Å². The van der Waals surface area contributed by atoms with Crippen molar-refractivity contribution < 1.29 is 57.8 Å². The number of nitrogens with two attached hydrogens (primary N) is 1. The summed E-state index contributed by atoms with van der Waals surface area (Å²) in [6, 6.07) is 8.86. The number of hydrogen-bond donors (Lipinski definition) is 5. The number of hydrogen-bond acceptors (Lipinski definition) is 14. The van der Waals surface area contributed by atoms with E-state index in [0.717, 1.165) is 57.7 Å². The number of carbonyl (C=O) groups excluding carboxylic acids is 6. The van der Waals surface area contributed by atoms with E-state index in [1.54, 1.807) is 14.7 Å². The van der Waals surface area contributed by atoms with E-state index in [9.17, 15) is 38.8 Å². The number of carbonyl (C=O) groups is 5. The van der Waals surface area contributed by atoms with Gasteiger partial charge in [0.1, 0.15) is 11.2 Å². The van der Waals surface area contributed by atoms with E-state index >= 15 is 0 Å². The number of benzene rings is 1. The van der Waals surface area contributed by atoms with Gasteiger partial charge in [-0.05, 0) is 133 Å². The zero-order chi connectivity index (χ0) is 48.7. The number of methoxy groups -OCH3 is 1. The normalized spacial score (nSPS) is 18.5. The van der Waals surface area contributed by atoms with Crippen LogP contribution in [0.15, 0.2) is 48.0 Å². The summed E-state index contributed by atoms with van der Waals surface area (Å²) in [5.74, 6) is -0.964. The molecule has 0 bridgehead atoms. The third kappa shape index (κ3) is 24.1. The number of rotatable bonds is 10. The van der Waals surface area contributed by atoms with Gasteiger partial charge in [0.15, 0.2) is 0 Å². The van der Waals surface area contributed by atoms with E-state index in [1.807, 2.05) is 71.9 Å². The Morgan fingerprint density at radius 1 is 0.875 bits per heavy atom. The van der Waals surface area contributed by atoms with Crippen LogP contribution in [0, 0.1) is 0 Å². The van der Waals surface area contributed by atoms with Crippen LogP contribution in [-0.2, 0) is 35.0 Å². The number of urea groups is 1. The molecule has 1 aromatic carbocycles. The van der Waals surface area contributed by atoms with E-state index < -0.39 is 40.4 Å². The van der Waals surface area contributed by atoms with Crippen molar-refractivity contribution in [1.82, 2.24) is 25.3 Å². The largest absolute Gasteiger partial charge is 0.511 e. The lowest BCUT2D eigenvalue weighted by Crippen LogP contribution is -2.53. The Kier molecular flexibility index (Phi) is 25.8. The molecule has 3 heterocycles. The first-order valence-electron chi connectivity index (χ1n) is 20.8. The van der Waals surface area contributed by atoms with Crippen molar-refractivity contribution >= 4 is 78.3 Å². The first kappa shape index (κ1) is 57.7. The minimum absolute atomic E-state index is 0.0173. The molecule has 4 atom stereocenters. The third-order valence-corrected chi connectivity index (χ3v) is 9.55. The maximum Gasteiger partial charge on any atom is 0.511 e. The number of halogens is 3. The second kappa shape index (κ2) is 28.6. The molecule has 3 fully saturated rings. The summed E-state index contributed by atoms with van der Waals surface area (Å²) in [6.07, 6.45) is 7.01. The van der Waals surface area contributed by atoms with Gasteiger partial charge < -0.3 is 60.1 Å². The molecule has 3 saturated heterocycles. The highest BCUT2D eigenvalue weighted by Crippen LogP contribution is 2.27. The Labute approximate surface area is 391 Å². The molecule has 0 radical (unpaired) electrons. The SMILES string of the molecule is C=CC(=O)N1CCC[C@@H]1CNC(=O)N[C@@H](Cc1ccccc1)B(O)O.CC(C)(C)OC(=O)N1CCC[C@@H]1CN.CC(C)(C)OC(=O)N1CCC[C@@H]1CN=C=O.COC(=O)OC(Cl)(Cl)Cl. The standard InChI is InChI=1S/C17H24BN3O4.C11H18N2O3.C10H20N2O2.C3H3Cl3O3/c1-2-16(22)21-10-6-9-14(21)12-19-17(23)20-15(18(24)25)11-13-7-4-3-5-8-13;1-11(2,3)16-10(15)13-6-4-5-9(13)7-12-8-14;1-10(2,3)14-9(13)12-6-4-5-8(12)7-11;1-8-2(7)9-3(4,5)6/h2-5,7-8,14-15,24-25H,1,6,9-12H2,(H2,19,20,23);9H,4-7H2,1-3H3;8H,4-7,11H2,1-3H3;1H3/t14-,15+;9-;8-;/m111./s1. The zero-order valence-corrected chi connectivity index (χ0v) is 40.0. The van der Waals surface area contributed by atoms with Crippen LogP contribution >= 0.6 is 34.8 Å². The smallest absolute Gasteiger partial charge is 0.444 e. The number of ether oxygens (including phenoxy) is 4. The zero-order valence-electron chi connectivity index (χ0n) is 37.7. The van der Waals surface area contributed by atoms with Crippen LogP contribution in [0.1, 0.15) is 85.6 Å². The van der Waals surface area contributed by atoms with Gasteiger partial charge in [0.25, 0.3) is 0 Å². The summed E-state index contributed by atoms with van der Waals surface area (Å²) in [4.78, 5) is 76.1.